The zero-order valence-corrected chi connectivity index (χ0v) is 29.9. The Kier molecular flexibility index (Phi) is 11.2. The highest BCUT2D eigenvalue weighted by atomic mass is 33.1. The number of oxazole rings is 1. The summed E-state index contributed by atoms with van der Waals surface area (Å²) in [7, 11) is -4.51. The number of fused-ring (bicyclic) bond motifs is 1. The Labute approximate surface area is 309 Å². The van der Waals surface area contributed by atoms with Crippen molar-refractivity contribution in [1.29, 1.82) is 0 Å². The van der Waals surface area contributed by atoms with Gasteiger partial charge >= 0.3 is 21.6 Å². The molecule has 0 unspecified atom stereocenters. The average molecular weight is 784 g/mol. The second-order valence-electron chi connectivity index (χ2n) is 11.4. The molecular weight excluding hydrogens is 756 g/mol. The number of hydrogen-bond donors (Lipinski definition) is 1. The van der Waals surface area contributed by atoms with Crippen LogP contribution in [0.2, 0.25) is 0 Å². The zero-order valence-electron chi connectivity index (χ0n) is 27.4. The van der Waals surface area contributed by atoms with Gasteiger partial charge in [-0.15, -0.1) is 0 Å². The Balaban J connectivity index is 1.38. The van der Waals surface area contributed by atoms with Crippen molar-refractivity contribution in [2.24, 2.45) is 0 Å². The molecule has 2 heterocycles. The third-order valence-corrected chi connectivity index (χ3v) is 11.2. The van der Waals surface area contributed by atoms with Crippen molar-refractivity contribution in [2.75, 3.05) is 0 Å². The number of nitrogens with zero attached hydrogens (tertiary/aromatic N) is 2. The van der Waals surface area contributed by atoms with Crippen molar-refractivity contribution < 1.29 is 49.3 Å². The molecule has 17 heteroatoms. The van der Waals surface area contributed by atoms with Crippen molar-refractivity contribution in [3.63, 3.8) is 0 Å². The molecule has 1 aromatic heterocycles. The second kappa shape index (κ2) is 15.8. The lowest BCUT2D eigenvalue weighted by atomic mass is 10.0. The number of allylic oxidation sites excluding steroid dienone is 1. The highest BCUT2D eigenvalue weighted by molar-refractivity contribution is 8.76. The Morgan fingerprint density at radius 1 is 0.906 bits per heavy atom. The van der Waals surface area contributed by atoms with Crippen molar-refractivity contribution >= 4 is 60.6 Å². The Bertz CT molecular complexity index is 2180. The summed E-state index contributed by atoms with van der Waals surface area (Å²) in [5.74, 6) is -3.98. The van der Waals surface area contributed by atoms with Crippen molar-refractivity contribution in [1.82, 2.24) is 15.2 Å². The van der Waals surface area contributed by atoms with Gasteiger partial charge in [-0.3, -0.25) is 14.5 Å². The van der Waals surface area contributed by atoms with Gasteiger partial charge in [0.25, 0.3) is 11.1 Å². The van der Waals surface area contributed by atoms with E-state index in [0.29, 0.717) is 27.8 Å². The molecule has 1 saturated heterocycles. The smallest absolute Gasteiger partial charge is 0.448 e. The van der Waals surface area contributed by atoms with E-state index in [-0.39, 0.29) is 11.6 Å². The molecule has 2 atom stereocenters. The topological polar surface area (TPSA) is 145 Å². The maximum Gasteiger partial charge on any atom is 0.534 e. The fourth-order valence-electron chi connectivity index (χ4n) is 5.33. The van der Waals surface area contributed by atoms with E-state index in [0.717, 1.165) is 33.4 Å². The van der Waals surface area contributed by atoms with Crippen molar-refractivity contribution in [3.05, 3.63) is 143 Å². The summed E-state index contributed by atoms with van der Waals surface area (Å²) in [6.07, 6.45) is -1.27. The summed E-state index contributed by atoms with van der Waals surface area (Å²) < 4.78 is 81.1. The summed E-state index contributed by atoms with van der Waals surface area (Å²) in [6.45, 7) is 0.796. The number of para-hydroxylation sites is 2. The van der Waals surface area contributed by atoms with Crippen LogP contribution in [0.25, 0.3) is 11.1 Å². The first-order chi connectivity index (χ1) is 25.3. The number of nitrogens with one attached hydrogen (secondary N) is 1. The van der Waals surface area contributed by atoms with Crippen LogP contribution < -0.4 is 5.32 Å². The monoisotopic (exact) mass is 783 g/mol. The van der Waals surface area contributed by atoms with Crippen LogP contribution in [-0.2, 0) is 39.8 Å². The molecule has 1 aliphatic heterocycles. The Morgan fingerprint density at radius 3 is 2.06 bits per heavy atom. The summed E-state index contributed by atoms with van der Waals surface area (Å²) in [4.78, 5) is 46.4. The van der Waals surface area contributed by atoms with Crippen LogP contribution in [0.5, 0.6) is 0 Å². The normalized spacial score (nSPS) is 16.5. The van der Waals surface area contributed by atoms with E-state index in [9.17, 15) is 36.0 Å². The van der Waals surface area contributed by atoms with Crippen LogP contribution in [-0.4, -0.2) is 53.0 Å². The van der Waals surface area contributed by atoms with E-state index in [1.165, 1.54) is 0 Å². The minimum Gasteiger partial charge on any atom is -0.448 e. The highest BCUT2D eigenvalue weighted by Gasteiger charge is 2.55. The maximum atomic E-state index is 14.2. The molecule has 1 fully saturated rings. The number of benzene rings is 4. The molecule has 274 valence electrons. The van der Waals surface area contributed by atoms with E-state index in [2.05, 4.69) is 14.5 Å². The van der Waals surface area contributed by atoms with Crippen LogP contribution in [0, 0.1) is 0 Å². The Morgan fingerprint density at radius 2 is 1.47 bits per heavy atom. The summed E-state index contributed by atoms with van der Waals surface area (Å²) >= 11 is 0. The van der Waals surface area contributed by atoms with Gasteiger partial charge < -0.3 is 18.7 Å². The number of alkyl halides is 3. The lowest BCUT2D eigenvalue weighted by Crippen LogP contribution is -2.69. The molecule has 5 aromatic rings. The molecule has 0 aliphatic carbocycles. The van der Waals surface area contributed by atoms with E-state index in [4.69, 9.17) is 9.15 Å². The molecule has 11 nitrogen and oxygen atoms in total. The van der Waals surface area contributed by atoms with Crippen LogP contribution in [0.1, 0.15) is 29.7 Å². The first-order valence-electron chi connectivity index (χ1n) is 15.7. The number of rotatable bonds is 13. The number of amides is 2. The number of aromatic nitrogens is 1. The number of esters is 1. The van der Waals surface area contributed by atoms with E-state index in [1.807, 2.05) is 0 Å². The molecule has 0 bridgehead atoms. The van der Waals surface area contributed by atoms with Gasteiger partial charge in [0.1, 0.15) is 22.7 Å². The third kappa shape index (κ3) is 8.53. The van der Waals surface area contributed by atoms with E-state index >= 15 is 0 Å². The average Bonchev–Trinajstić information content (AvgIpc) is 3.56. The van der Waals surface area contributed by atoms with E-state index in [1.54, 1.807) is 115 Å². The molecule has 53 heavy (non-hydrogen) atoms. The number of carbonyl (C=O) groups is 3. The molecule has 6 rings (SSSR count). The molecule has 2 amide bonds. The van der Waals surface area contributed by atoms with Gasteiger partial charge in [0.15, 0.2) is 17.4 Å². The predicted octanol–water partition coefficient (Wildman–Crippen LogP) is 6.89. The van der Waals surface area contributed by atoms with Gasteiger partial charge in [-0.25, -0.2) is 9.78 Å². The van der Waals surface area contributed by atoms with Crippen molar-refractivity contribution in [3.8, 4) is 0 Å². The predicted molar refractivity (Wildman–Crippen MR) is 190 cm³/mol. The van der Waals surface area contributed by atoms with Crippen LogP contribution in [0.4, 0.5) is 13.2 Å². The minimum atomic E-state index is -6.31. The lowest BCUT2D eigenvalue weighted by molar-refractivity contribution is -0.154. The quantitative estimate of drug-likeness (QED) is 0.0253. The number of β-lactam (4-membered cyclic amide) rings is 1. The van der Waals surface area contributed by atoms with E-state index < -0.39 is 62.4 Å². The van der Waals surface area contributed by atoms with Crippen LogP contribution in [0.3, 0.4) is 0 Å². The van der Waals surface area contributed by atoms with Gasteiger partial charge in [0.2, 0.25) is 5.91 Å². The summed E-state index contributed by atoms with van der Waals surface area (Å²) in [5, 5.41) is 1.52. The standard InChI is InChI=1S/C36H28F3N3O8S3/c1-22(50-53(46,47)36(37,38)39)30(34(45)49-31(24-15-7-3-8-16-24)25-17-9-4-10-18-25)42-32(44)29(41-28(43)21-23-13-5-2-6-14-23)33(42)51-52-35-40-26-19-11-12-20-27(26)48-35/h2-20,29,31,33H,21H2,1H3,(H,41,43)/b30-22+/t29-,33-/m1/s1. The van der Waals surface area contributed by atoms with Gasteiger partial charge in [-0.2, -0.15) is 21.6 Å². The highest BCUT2D eigenvalue weighted by Crippen LogP contribution is 2.45. The number of ether oxygens (including phenoxy) is 1. The number of hydrogen-bond acceptors (Lipinski definition) is 11. The molecule has 0 spiro atoms. The van der Waals surface area contributed by atoms with Gasteiger partial charge in [-0.1, -0.05) is 114 Å². The Hall–Kier alpha value is -5.26. The van der Waals surface area contributed by atoms with Crippen LogP contribution in [0.15, 0.2) is 136 Å². The first-order valence-corrected chi connectivity index (χ1v) is 19.3. The summed E-state index contributed by atoms with van der Waals surface area (Å²) in [6, 6.07) is 30.9. The van der Waals surface area contributed by atoms with Crippen molar-refractivity contribution in [2.45, 2.75) is 41.6 Å². The molecule has 1 aliphatic rings. The molecular formula is C36H28F3N3O8S3. The SMILES string of the molecule is C/C(OS(=O)(=O)C(F)(F)F)=C(/C(=O)OC(c1ccccc1)c1ccccc1)N1C(=O)[C@@H](NC(=O)Cc2ccccc2)[C@H]1SSc1nc2ccccc2o1. The maximum absolute atomic E-state index is 14.2. The number of carbonyl (C=O) groups excluding carboxylic acids is 3. The van der Waals surface area contributed by atoms with Crippen LogP contribution >= 0.6 is 21.6 Å². The summed E-state index contributed by atoms with van der Waals surface area (Å²) in [5.41, 5.74) is -4.27. The zero-order chi connectivity index (χ0) is 37.8. The number of likely N-dealkylation sites (tertiary alicyclic amines) is 1. The minimum absolute atomic E-state index is 0.118. The molecule has 0 radical (unpaired) electrons. The third-order valence-electron chi connectivity index (χ3n) is 7.77. The number of halogens is 3. The van der Waals surface area contributed by atoms with Gasteiger partial charge in [0, 0.05) is 10.8 Å². The molecule has 4 aromatic carbocycles. The molecule has 1 N–H and O–H groups in total. The largest absolute Gasteiger partial charge is 0.534 e. The lowest BCUT2D eigenvalue weighted by Gasteiger charge is -2.46. The van der Waals surface area contributed by atoms with Gasteiger partial charge in [-0.05, 0) is 35.7 Å². The van der Waals surface area contributed by atoms with Gasteiger partial charge in [0.05, 0.1) is 6.42 Å². The fraction of sp³-hybridized carbons (Fsp3) is 0.167. The fourth-order valence-corrected chi connectivity index (χ4v) is 8.21. The molecule has 0 saturated carbocycles. The second-order valence-corrected chi connectivity index (χ2v) is 15.2. The first kappa shape index (κ1) is 37.5.